The predicted molar refractivity (Wildman–Crippen MR) is 114 cm³/mol. The molecule has 1 heterocycles. The summed E-state index contributed by atoms with van der Waals surface area (Å²) in [5, 5.41) is 7.24. The molecule has 0 spiro atoms. The molecule has 4 rings (SSSR count). The fourth-order valence-electron chi connectivity index (χ4n) is 3.71. The third-order valence-corrected chi connectivity index (χ3v) is 5.13. The molecule has 2 N–H and O–H groups in total. The van der Waals surface area contributed by atoms with E-state index < -0.39 is 0 Å². The largest absolute Gasteiger partial charge is 0.374 e. The van der Waals surface area contributed by atoms with E-state index in [4.69, 9.17) is 0 Å². The third-order valence-electron chi connectivity index (χ3n) is 5.13. The molecule has 0 saturated carbocycles. The second kappa shape index (κ2) is 8.74. The SMILES string of the molecule is c1ccc(C(Nc2cccc(N3CCCNCC3)c2)c2ccccc2)cc1. The monoisotopic (exact) mass is 357 g/mol. The van der Waals surface area contributed by atoms with E-state index in [1.807, 2.05) is 0 Å². The first kappa shape index (κ1) is 17.6. The van der Waals surface area contributed by atoms with Crippen molar-refractivity contribution in [1.82, 2.24) is 5.32 Å². The second-order valence-corrected chi connectivity index (χ2v) is 7.04. The summed E-state index contributed by atoms with van der Waals surface area (Å²) >= 11 is 0. The molecule has 0 unspecified atom stereocenters. The first-order valence-corrected chi connectivity index (χ1v) is 9.82. The van der Waals surface area contributed by atoms with E-state index in [0.29, 0.717) is 0 Å². The Labute approximate surface area is 162 Å². The van der Waals surface area contributed by atoms with Crippen LogP contribution in [-0.4, -0.2) is 26.2 Å². The lowest BCUT2D eigenvalue weighted by Crippen LogP contribution is -2.27. The third kappa shape index (κ3) is 4.50. The molecule has 1 aliphatic heterocycles. The van der Waals surface area contributed by atoms with Gasteiger partial charge < -0.3 is 15.5 Å². The zero-order valence-electron chi connectivity index (χ0n) is 15.6. The summed E-state index contributed by atoms with van der Waals surface area (Å²) in [6, 6.07) is 30.3. The van der Waals surface area contributed by atoms with Crippen molar-refractivity contribution < 1.29 is 0 Å². The van der Waals surface area contributed by atoms with E-state index in [2.05, 4.69) is 100 Å². The molecule has 3 heteroatoms. The molecule has 0 atom stereocenters. The standard InChI is InChI=1S/C24H27N3/c1-3-9-20(10-4-1)24(21-11-5-2-6-12-21)26-22-13-7-14-23(19-22)27-17-8-15-25-16-18-27/h1-7,9-14,19,24-26H,8,15-18H2. The fraction of sp³-hybridized carbons (Fsp3) is 0.250. The molecule has 0 amide bonds. The number of hydrogen-bond donors (Lipinski definition) is 2. The Morgan fingerprint density at radius 3 is 2.15 bits per heavy atom. The van der Waals surface area contributed by atoms with E-state index >= 15 is 0 Å². The summed E-state index contributed by atoms with van der Waals surface area (Å²) < 4.78 is 0. The van der Waals surface area contributed by atoms with Gasteiger partial charge in [0.25, 0.3) is 0 Å². The molecule has 0 aliphatic carbocycles. The number of nitrogens with one attached hydrogen (secondary N) is 2. The van der Waals surface area contributed by atoms with Crippen LogP contribution in [0.4, 0.5) is 11.4 Å². The number of benzene rings is 3. The van der Waals surface area contributed by atoms with E-state index in [1.54, 1.807) is 0 Å². The minimum Gasteiger partial charge on any atom is -0.374 e. The minimum atomic E-state index is 0.133. The summed E-state index contributed by atoms with van der Waals surface area (Å²) in [5.74, 6) is 0. The van der Waals surface area contributed by atoms with Crippen LogP contribution in [0, 0.1) is 0 Å². The van der Waals surface area contributed by atoms with Crippen LogP contribution >= 0.6 is 0 Å². The van der Waals surface area contributed by atoms with E-state index in [0.717, 1.165) is 31.9 Å². The molecule has 3 nitrogen and oxygen atoms in total. The zero-order chi connectivity index (χ0) is 18.3. The molecule has 27 heavy (non-hydrogen) atoms. The van der Waals surface area contributed by atoms with Crippen molar-refractivity contribution in [1.29, 1.82) is 0 Å². The van der Waals surface area contributed by atoms with Gasteiger partial charge in [-0.15, -0.1) is 0 Å². The highest BCUT2D eigenvalue weighted by atomic mass is 15.2. The van der Waals surface area contributed by atoms with Gasteiger partial charge in [0.15, 0.2) is 0 Å². The Bertz CT molecular complexity index is 785. The van der Waals surface area contributed by atoms with E-state index in [-0.39, 0.29) is 6.04 Å². The molecule has 138 valence electrons. The minimum absolute atomic E-state index is 0.133. The molecular formula is C24H27N3. The van der Waals surface area contributed by atoms with Crippen molar-refractivity contribution in [3.63, 3.8) is 0 Å². The lowest BCUT2D eigenvalue weighted by molar-refractivity contribution is 0.724. The van der Waals surface area contributed by atoms with Gasteiger partial charge in [0.2, 0.25) is 0 Å². The van der Waals surface area contributed by atoms with E-state index in [9.17, 15) is 0 Å². The van der Waals surface area contributed by atoms with Gasteiger partial charge in [-0.2, -0.15) is 0 Å². The molecule has 1 saturated heterocycles. The number of hydrogen-bond acceptors (Lipinski definition) is 3. The highest BCUT2D eigenvalue weighted by Crippen LogP contribution is 2.28. The molecule has 0 radical (unpaired) electrons. The summed E-state index contributed by atoms with van der Waals surface area (Å²) in [6.45, 7) is 4.33. The fourth-order valence-corrected chi connectivity index (χ4v) is 3.71. The van der Waals surface area contributed by atoms with Crippen molar-refractivity contribution in [2.75, 3.05) is 36.4 Å². The summed E-state index contributed by atoms with van der Waals surface area (Å²) in [5.41, 5.74) is 4.99. The van der Waals surface area contributed by atoms with Crippen LogP contribution in [0.15, 0.2) is 84.9 Å². The van der Waals surface area contributed by atoms with Crippen molar-refractivity contribution in [3.8, 4) is 0 Å². The Kier molecular flexibility index (Phi) is 5.70. The zero-order valence-corrected chi connectivity index (χ0v) is 15.6. The average Bonchev–Trinajstić information content (AvgIpc) is 3.03. The van der Waals surface area contributed by atoms with Gasteiger partial charge >= 0.3 is 0 Å². The van der Waals surface area contributed by atoms with Gasteiger partial charge in [0, 0.05) is 31.0 Å². The lowest BCUT2D eigenvalue weighted by atomic mass is 9.98. The number of anilines is 2. The van der Waals surface area contributed by atoms with Crippen molar-refractivity contribution >= 4 is 11.4 Å². The van der Waals surface area contributed by atoms with Gasteiger partial charge in [0.1, 0.15) is 0 Å². The maximum atomic E-state index is 3.76. The first-order chi connectivity index (χ1) is 13.4. The topological polar surface area (TPSA) is 27.3 Å². The molecule has 0 aromatic heterocycles. The molecular weight excluding hydrogens is 330 g/mol. The Balaban J connectivity index is 1.61. The van der Waals surface area contributed by atoms with Gasteiger partial charge in [-0.05, 0) is 42.3 Å². The Hall–Kier alpha value is -2.78. The Morgan fingerprint density at radius 1 is 0.741 bits per heavy atom. The second-order valence-electron chi connectivity index (χ2n) is 7.04. The van der Waals surface area contributed by atoms with Crippen LogP contribution in [0.2, 0.25) is 0 Å². The smallest absolute Gasteiger partial charge is 0.0767 e. The lowest BCUT2D eigenvalue weighted by Gasteiger charge is -2.25. The van der Waals surface area contributed by atoms with Crippen molar-refractivity contribution in [2.45, 2.75) is 12.5 Å². The summed E-state index contributed by atoms with van der Waals surface area (Å²) in [7, 11) is 0. The first-order valence-electron chi connectivity index (χ1n) is 9.82. The molecule has 0 bridgehead atoms. The summed E-state index contributed by atoms with van der Waals surface area (Å²) in [4.78, 5) is 2.48. The van der Waals surface area contributed by atoms with Crippen LogP contribution in [0.1, 0.15) is 23.6 Å². The van der Waals surface area contributed by atoms with Gasteiger partial charge in [0.05, 0.1) is 6.04 Å². The maximum Gasteiger partial charge on any atom is 0.0767 e. The van der Waals surface area contributed by atoms with Crippen LogP contribution < -0.4 is 15.5 Å². The van der Waals surface area contributed by atoms with E-state index in [1.165, 1.54) is 23.2 Å². The van der Waals surface area contributed by atoms with Gasteiger partial charge in [-0.3, -0.25) is 0 Å². The quantitative estimate of drug-likeness (QED) is 0.694. The highest BCUT2D eigenvalue weighted by molar-refractivity contribution is 5.60. The number of nitrogens with zero attached hydrogens (tertiary/aromatic N) is 1. The highest BCUT2D eigenvalue weighted by Gasteiger charge is 2.15. The molecule has 1 fully saturated rings. The molecule has 3 aromatic rings. The predicted octanol–water partition coefficient (Wildman–Crippen LogP) is 4.69. The Morgan fingerprint density at radius 2 is 1.44 bits per heavy atom. The number of rotatable bonds is 5. The van der Waals surface area contributed by atoms with Crippen LogP contribution in [0.3, 0.4) is 0 Å². The summed E-state index contributed by atoms with van der Waals surface area (Å²) in [6.07, 6.45) is 1.19. The molecule has 3 aromatic carbocycles. The van der Waals surface area contributed by atoms with Gasteiger partial charge in [-0.1, -0.05) is 66.7 Å². The van der Waals surface area contributed by atoms with Crippen LogP contribution in [0.5, 0.6) is 0 Å². The van der Waals surface area contributed by atoms with Crippen molar-refractivity contribution in [2.24, 2.45) is 0 Å². The van der Waals surface area contributed by atoms with Gasteiger partial charge in [-0.25, -0.2) is 0 Å². The van der Waals surface area contributed by atoms with Crippen LogP contribution in [-0.2, 0) is 0 Å². The maximum absolute atomic E-state index is 3.76. The average molecular weight is 358 g/mol. The molecule has 1 aliphatic rings. The van der Waals surface area contributed by atoms with Crippen molar-refractivity contribution in [3.05, 3.63) is 96.1 Å². The normalized spacial score (nSPS) is 14.8. The van der Waals surface area contributed by atoms with Crippen LogP contribution in [0.25, 0.3) is 0 Å².